The van der Waals surface area contributed by atoms with Crippen molar-refractivity contribution < 1.29 is 22.7 Å². The van der Waals surface area contributed by atoms with Crippen LogP contribution in [-0.2, 0) is 26.0 Å². The highest BCUT2D eigenvalue weighted by Crippen LogP contribution is 2.28. The van der Waals surface area contributed by atoms with E-state index in [2.05, 4.69) is 13.8 Å². The van der Waals surface area contributed by atoms with E-state index in [1.165, 1.54) is 28.6 Å². The predicted octanol–water partition coefficient (Wildman–Crippen LogP) is 3.88. The second-order valence-corrected chi connectivity index (χ2v) is 11.5. The van der Waals surface area contributed by atoms with Gasteiger partial charge in [0.2, 0.25) is 10.0 Å². The first-order chi connectivity index (χ1) is 16.2. The standard InChI is InChI=1S/C26H32N2O5S/c1-18-15-19(2)17-27(16-18)34(31,32)23-12-10-22(11-13-23)26(30)33-20(3)25(29)28-14-6-8-21-7-4-5-9-24(21)28/h4-5,7,9-13,18-20H,6,8,14-17H2,1-3H3/t18-,19-,20+/m1/s1. The van der Waals surface area contributed by atoms with E-state index in [1.54, 1.807) is 11.8 Å². The van der Waals surface area contributed by atoms with Crippen LogP contribution in [0.2, 0.25) is 0 Å². The minimum absolute atomic E-state index is 0.152. The number of esters is 1. The van der Waals surface area contributed by atoms with Gasteiger partial charge in [-0.1, -0.05) is 32.0 Å². The van der Waals surface area contributed by atoms with Gasteiger partial charge in [-0.15, -0.1) is 0 Å². The molecule has 0 bridgehead atoms. The second-order valence-electron chi connectivity index (χ2n) is 9.56. The van der Waals surface area contributed by atoms with Crippen LogP contribution >= 0.6 is 0 Å². The van der Waals surface area contributed by atoms with Crippen LogP contribution in [0, 0.1) is 11.8 Å². The van der Waals surface area contributed by atoms with Gasteiger partial charge in [-0.25, -0.2) is 13.2 Å². The molecule has 0 aromatic heterocycles. The number of ether oxygens (including phenoxy) is 1. The van der Waals surface area contributed by atoms with Crippen LogP contribution in [0.25, 0.3) is 0 Å². The number of sulfonamides is 1. The van der Waals surface area contributed by atoms with Crippen LogP contribution in [-0.4, -0.2) is 50.3 Å². The molecule has 0 unspecified atom stereocenters. The normalized spacial score (nSPS) is 22.0. The van der Waals surface area contributed by atoms with Crippen molar-refractivity contribution >= 4 is 27.6 Å². The zero-order chi connectivity index (χ0) is 24.5. The molecule has 0 N–H and O–H groups in total. The van der Waals surface area contributed by atoms with Gasteiger partial charge < -0.3 is 9.64 Å². The lowest BCUT2D eigenvalue weighted by molar-refractivity contribution is -0.126. The van der Waals surface area contributed by atoms with Crippen molar-refractivity contribution in [3.8, 4) is 0 Å². The fourth-order valence-corrected chi connectivity index (χ4v) is 6.65. The topological polar surface area (TPSA) is 84.0 Å². The molecule has 2 heterocycles. The first kappa shape index (κ1) is 24.4. The van der Waals surface area contributed by atoms with Crippen LogP contribution in [0.1, 0.15) is 49.5 Å². The minimum atomic E-state index is -3.63. The number of piperidine rings is 1. The molecule has 8 heteroatoms. The summed E-state index contributed by atoms with van der Waals surface area (Å²) in [6.07, 6.45) is 1.82. The number of amides is 1. The van der Waals surface area contributed by atoms with Gasteiger partial charge >= 0.3 is 5.97 Å². The van der Waals surface area contributed by atoms with Gasteiger partial charge in [-0.3, -0.25) is 4.79 Å². The Balaban J connectivity index is 1.43. The summed E-state index contributed by atoms with van der Waals surface area (Å²) < 4.78 is 33.1. The molecule has 2 aromatic rings. The molecule has 0 spiro atoms. The van der Waals surface area contributed by atoms with Gasteiger partial charge in [-0.2, -0.15) is 4.31 Å². The summed E-state index contributed by atoms with van der Waals surface area (Å²) in [5.41, 5.74) is 2.17. The van der Waals surface area contributed by atoms with Gasteiger partial charge in [0.1, 0.15) is 0 Å². The lowest BCUT2D eigenvalue weighted by Crippen LogP contribution is -2.42. The Morgan fingerprint density at radius 3 is 2.32 bits per heavy atom. The monoisotopic (exact) mass is 484 g/mol. The molecular formula is C26H32N2O5S. The maximum atomic E-state index is 13.1. The molecule has 0 radical (unpaired) electrons. The SMILES string of the molecule is C[C@@H]1C[C@@H](C)CN(S(=O)(=O)c2ccc(C(=O)O[C@@H](C)C(=O)N3CCCc4ccccc43)cc2)C1. The molecule has 7 nitrogen and oxygen atoms in total. The summed E-state index contributed by atoms with van der Waals surface area (Å²) in [5.74, 6) is -0.319. The quantitative estimate of drug-likeness (QED) is 0.602. The van der Waals surface area contributed by atoms with Crippen molar-refractivity contribution in [2.75, 3.05) is 24.5 Å². The number of hydrogen-bond donors (Lipinski definition) is 0. The lowest BCUT2D eigenvalue weighted by Gasteiger charge is -2.34. The molecule has 3 atom stereocenters. The zero-order valence-electron chi connectivity index (χ0n) is 19.9. The molecule has 2 aliphatic rings. The number of para-hydroxylation sites is 1. The van der Waals surface area contributed by atoms with Gasteiger partial charge in [0.25, 0.3) is 5.91 Å². The van der Waals surface area contributed by atoms with Gasteiger partial charge in [0.05, 0.1) is 10.5 Å². The number of aryl methyl sites for hydroxylation is 1. The molecule has 182 valence electrons. The molecule has 1 saturated heterocycles. The summed E-state index contributed by atoms with van der Waals surface area (Å²) in [4.78, 5) is 27.5. The van der Waals surface area contributed by atoms with Crippen molar-refractivity contribution in [2.24, 2.45) is 11.8 Å². The van der Waals surface area contributed by atoms with Crippen molar-refractivity contribution in [1.82, 2.24) is 4.31 Å². The Labute approximate surface area is 201 Å². The number of hydrogen-bond acceptors (Lipinski definition) is 5. The number of carbonyl (C=O) groups excluding carboxylic acids is 2. The lowest BCUT2D eigenvalue weighted by atomic mass is 9.94. The molecule has 4 rings (SSSR count). The predicted molar refractivity (Wildman–Crippen MR) is 130 cm³/mol. The summed E-state index contributed by atoms with van der Waals surface area (Å²) in [7, 11) is -3.63. The molecule has 1 amide bonds. The van der Waals surface area contributed by atoms with Crippen molar-refractivity contribution in [3.05, 3.63) is 59.7 Å². The maximum Gasteiger partial charge on any atom is 0.338 e. The molecular weight excluding hydrogens is 452 g/mol. The van der Waals surface area contributed by atoms with Crippen LogP contribution in [0.3, 0.4) is 0 Å². The molecule has 2 aliphatic heterocycles. The third-order valence-electron chi connectivity index (χ3n) is 6.57. The van der Waals surface area contributed by atoms with E-state index in [9.17, 15) is 18.0 Å². The van der Waals surface area contributed by atoms with E-state index in [0.29, 0.717) is 31.5 Å². The molecule has 2 aromatic carbocycles. The van der Waals surface area contributed by atoms with Crippen LogP contribution in [0.4, 0.5) is 5.69 Å². The number of fused-ring (bicyclic) bond motifs is 1. The third kappa shape index (κ3) is 5.03. The second kappa shape index (κ2) is 9.88. The van der Waals surface area contributed by atoms with Crippen molar-refractivity contribution in [3.63, 3.8) is 0 Å². The number of rotatable bonds is 5. The number of carbonyl (C=O) groups is 2. The average molecular weight is 485 g/mol. The van der Waals surface area contributed by atoms with Crippen molar-refractivity contribution in [2.45, 2.75) is 51.0 Å². The smallest absolute Gasteiger partial charge is 0.338 e. The molecule has 0 saturated carbocycles. The Morgan fingerprint density at radius 2 is 1.65 bits per heavy atom. The van der Waals surface area contributed by atoms with Crippen LogP contribution in [0.15, 0.2) is 53.4 Å². The van der Waals surface area contributed by atoms with E-state index in [4.69, 9.17) is 4.74 Å². The first-order valence-electron chi connectivity index (χ1n) is 11.9. The molecule has 34 heavy (non-hydrogen) atoms. The average Bonchev–Trinajstić information content (AvgIpc) is 2.82. The zero-order valence-corrected chi connectivity index (χ0v) is 20.8. The van der Waals surface area contributed by atoms with E-state index >= 15 is 0 Å². The molecule has 1 fully saturated rings. The largest absolute Gasteiger partial charge is 0.449 e. The number of benzene rings is 2. The van der Waals surface area contributed by atoms with Crippen LogP contribution < -0.4 is 4.90 Å². The summed E-state index contributed by atoms with van der Waals surface area (Å²) in [6.45, 7) is 7.25. The first-order valence-corrected chi connectivity index (χ1v) is 13.3. The minimum Gasteiger partial charge on any atom is -0.449 e. The van der Waals surface area contributed by atoms with Gasteiger partial charge in [0, 0.05) is 25.3 Å². The van der Waals surface area contributed by atoms with Gasteiger partial charge in [0.15, 0.2) is 6.10 Å². The van der Waals surface area contributed by atoms with E-state index in [1.807, 2.05) is 24.3 Å². The fraction of sp³-hybridized carbons (Fsp3) is 0.462. The Hall–Kier alpha value is -2.71. The Kier molecular flexibility index (Phi) is 7.09. The van der Waals surface area contributed by atoms with E-state index in [-0.39, 0.29) is 16.4 Å². The fourth-order valence-electron chi connectivity index (χ4n) is 4.98. The third-order valence-corrected chi connectivity index (χ3v) is 8.42. The highest BCUT2D eigenvalue weighted by atomic mass is 32.2. The number of nitrogens with zero attached hydrogens (tertiary/aromatic N) is 2. The maximum absolute atomic E-state index is 13.1. The van der Waals surface area contributed by atoms with E-state index in [0.717, 1.165) is 30.5 Å². The summed E-state index contributed by atoms with van der Waals surface area (Å²) in [6, 6.07) is 13.5. The highest BCUT2D eigenvalue weighted by molar-refractivity contribution is 7.89. The summed E-state index contributed by atoms with van der Waals surface area (Å²) >= 11 is 0. The molecule has 0 aliphatic carbocycles. The Morgan fingerprint density at radius 1 is 1.00 bits per heavy atom. The highest BCUT2D eigenvalue weighted by Gasteiger charge is 2.32. The number of anilines is 1. The van der Waals surface area contributed by atoms with Crippen LogP contribution in [0.5, 0.6) is 0 Å². The van der Waals surface area contributed by atoms with Crippen molar-refractivity contribution in [1.29, 1.82) is 0 Å². The summed E-state index contributed by atoms with van der Waals surface area (Å²) in [5, 5.41) is 0. The van der Waals surface area contributed by atoms with Gasteiger partial charge in [-0.05, 0) is 73.9 Å². The van der Waals surface area contributed by atoms with E-state index < -0.39 is 22.1 Å². The Bertz CT molecular complexity index is 1150.